The zero-order chi connectivity index (χ0) is 16.6. The first kappa shape index (κ1) is 15.6. The summed E-state index contributed by atoms with van der Waals surface area (Å²) in [6, 6.07) is 1.00. The fraction of sp³-hybridized carbons (Fsp3) is 0.167. The number of ether oxygens (including phenoxy) is 1. The van der Waals surface area contributed by atoms with Crippen LogP contribution in [0.25, 0.3) is 16.9 Å². The number of fused-ring (bicyclic) bond motifs is 1. The second-order valence-corrected chi connectivity index (χ2v) is 5.28. The standard InChI is InChI=1S/C12H6BrF4N5O/c13-12(16,17)11-21-20-9-3-18-8(4-22(9)11)6-1-7(15)10(19-2-6)23-5-14/h1-4H,5H2. The first-order valence-corrected chi connectivity index (χ1v) is 6.82. The minimum absolute atomic E-state index is 0.0914. The van der Waals surface area contributed by atoms with Crippen LogP contribution >= 0.6 is 15.9 Å². The van der Waals surface area contributed by atoms with E-state index in [1.807, 2.05) is 0 Å². The van der Waals surface area contributed by atoms with Gasteiger partial charge in [-0.2, -0.15) is 8.78 Å². The van der Waals surface area contributed by atoms with Gasteiger partial charge in [0.25, 0.3) is 5.88 Å². The summed E-state index contributed by atoms with van der Waals surface area (Å²) >= 11 is 2.20. The van der Waals surface area contributed by atoms with Crippen molar-refractivity contribution in [2.75, 3.05) is 6.86 Å². The third-order valence-corrected chi connectivity index (χ3v) is 3.20. The molecule has 0 atom stereocenters. The Morgan fingerprint density at radius 2 is 2.00 bits per heavy atom. The molecule has 3 heterocycles. The molecule has 3 rings (SSSR count). The molecule has 0 saturated heterocycles. The van der Waals surface area contributed by atoms with Crippen molar-refractivity contribution in [3.63, 3.8) is 0 Å². The van der Waals surface area contributed by atoms with Crippen LogP contribution in [0.1, 0.15) is 5.82 Å². The van der Waals surface area contributed by atoms with Gasteiger partial charge in [-0.15, -0.1) is 10.2 Å². The van der Waals surface area contributed by atoms with Gasteiger partial charge in [0.1, 0.15) is 0 Å². The van der Waals surface area contributed by atoms with Crippen molar-refractivity contribution in [3.8, 4) is 17.1 Å². The summed E-state index contributed by atoms with van der Waals surface area (Å²) in [5, 5.41) is 6.95. The van der Waals surface area contributed by atoms with E-state index in [0.717, 1.165) is 10.5 Å². The molecule has 120 valence electrons. The number of rotatable bonds is 4. The lowest BCUT2D eigenvalue weighted by Gasteiger charge is -2.07. The Kier molecular flexibility index (Phi) is 3.88. The fourth-order valence-corrected chi connectivity index (χ4v) is 2.14. The van der Waals surface area contributed by atoms with Crippen LogP contribution in [0, 0.1) is 5.82 Å². The van der Waals surface area contributed by atoms with Gasteiger partial charge >= 0.3 is 4.83 Å². The zero-order valence-electron chi connectivity index (χ0n) is 11.1. The number of aromatic nitrogens is 5. The molecular formula is C12H6BrF4N5O. The molecule has 0 aliphatic rings. The van der Waals surface area contributed by atoms with Crippen molar-refractivity contribution >= 4 is 21.6 Å². The predicted octanol–water partition coefficient (Wildman–Crippen LogP) is 3.08. The number of pyridine rings is 1. The Balaban J connectivity index is 2.08. The van der Waals surface area contributed by atoms with E-state index in [-0.39, 0.29) is 16.9 Å². The largest absolute Gasteiger partial charge is 0.444 e. The molecule has 0 radical (unpaired) electrons. The summed E-state index contributed by atoms with van der Waals surface area (Å²) < 4.78 is 57.9. The molecule has 3 aromatic rings. The molecule has 0 aliphatic heterocycles. The number of hydrogen-bond acceptors (Lipinski definition) is 5. The van der Waals surface area contributed by atoms with E-state index < -0.39 is 29.2 Å². The molecule has 6 nitrogen and oxygen atoms in total. The van der Waals surface area contributed by atoms with Crippen molar-refractivity contribution in [2.24, 2.45) is 0 Å². The summed E-state index contributed by atoms with van der Waals surface area (Å²) in [7, 11) is 0. The molecule has 11 heteroatoms. The topological polar surface area (TPSA) is 65.2 Å². The van der Waals surface area contributed by atoms with Gasteiger partial charge in [-0.05, 0) is 22.0 Å². The van der Waals surface area contributed by atoms with E-state index in [9.17, 15) is 17.6 Å². The molecule has 0 spiro atoms. The predicted molar refractivity (Wildman–Crippen MR) is 73.4 cm³/mol. The van der Waals surface area contributed by atoms with Crippen molar-refractivity contribution in [2.45, 2.75) is 4.83 Å². The minimum Gasteiger partial charge on any atom is -0.444 e. The molecule has 0 fully saturated rings. The van der Waals surface area contributed by atoms with Gasteiger partial charge in [-0.3, -0.25) is 9.38 Å². The summed E-state index contributed by atoms with van der Waals surface area (Å²) in [6.07, 6.45) is 3.60. The van der Waals surface area contributed by atoms with Gasteiger partial charge in [-0.25, -0.2) is 13.8 Å². The third kappa shape index (κ3) is 2.96. The average molecular weight is 392 g/mol. The first-order valence-electron chi connectivity index (χ1n) is 6.03. The highest BCUT2D eigenvalue weighted by atomic mass is 79.9. The molecular weight excluding hydrogens is 386 g/mol. The zero-order valence-corrected chi connectivity index (χ0v) is 12.6. The fourth-order valence-electron chi connectivity index (χ4n) is 1.87. The lowest BCUT2D eigenvalue weighted by atomic mass is 10.2. The lowest BCUT2D eigenvalue weighted by Crippen LogP contribution is -2.09. The van der Waals surface area contributed by atoms with Crippen molar-refractivity contribution in [1.82, 2.24) is 24.6 Å². The maximum Gasteiger partial charge on any atom is 0.360 e. The Morgan fingerprint density at radius 1 is 1.22 bits per heavy atom. The molecule has 0 aromatic carbocycles. The maximum absolute atomic E-state index is 13.7. The Morgan fingerprint density at radius 3 is 2.65 bits per heavy atom. The van der Waals surface area contributed by atoms with Gasteiger partial charge < -0.3 is 4.74 Å². The van der Waals surface area contributed by atoms with Crippen molar-refractivity contribution < 1.29 is 22.3 Å². The molecule has 23 heavy (non-hydrogen) atoms. The summed E-state index contributed by atoms with van der Waals surface area (Å²) in [5.74, 6) is -2.06. The van der Waals surface area contributed by atoms with E-state index in [1.165, 1.54) is 18.6 Å². The van der Waals surface area contributed by atoms with Crippen LogP contribution in [0.2, 0.25) is 0 Å². The second kappa shape index (κ2) is 5.72. The molecule has 0 N–H and O–H groups in total. The minimum atomic E-state index is -3.40. The van der Waals surface area contributed by atoms with Crippen LogP contribution < -0.4 is 4.74 Å². The Bertz CT molecular complexity index is 866. The smallest absolute Gasteiger partial charge is 0.360 e. The molecule has 0 saturated carbocycles. The van der Waals surface area contributed by atoms with E-state index in [2.05, 4.69) is 40.8 Å². The number of hydrogen-bond donors (Lipinski definition) is 0. The summed E-state index contributed by atoms with van der Waals surface area (Å²) in [6.45, 7) is -1.22. The maximum atomic E-state index is 13.7. The van der Waals surface area contributed by atoms with Crippen molar-refractivity contribution in [1.29, 1.82) is 0 Å². The van der Waals surface area contributed by atoms with Crippen LogP contribution in [-0.4, -0.2) is 31.4 Å². The van der Waals surface area contributed by atoms with Crippen LogP contribution in [-0.2, 0) is 4.83 Å². The highest BCUT2D eigenvalue weighted by Crippen LogP contribution is 2.33. The number of alkyl halides is 4. The third-order valence-electron chi connectivity index (χ3n) is 2.84. The SMILES string of the molecule is FCOc1ncc(-c2cn3c(C(F)(F)Br)nnc3cn2)cc1F. The van der Waals surface area contributed by atoms with Gasteiger partial charge in [0.15, 0.2) is 11.5 Å². The molecule has 0 aliphatic carbocycles. The highest BCUT2D eigenvalue weighted by Gasteiger charge is 2.33. The average Bonchev–Trinajstić information content (AvgIpc) is 2.92. The quantitative estimate of drug-likeness (QED) is 0.505. The summed E-state index contributed by atoms with van der Waals surface area (Å²) in [4.78, 5) is 4.20. The number of nitrogens with zero attached hydrogens (tertiary/aromatic N) is 5. The molecule has 0 unspecified atom stereocenters. The van der Waals surface area contributed by atoms with Crippen LogP contribution in [0.4, 0.5) is 17.6 Å². The van der Waals surface area contributed by atoms with Crippen LogP contribution in [0.3, 0.4) is 0 Å². The van der Waals surface area contributed by atoms with Crippen molar-refractivity contribution in [3.05, 3.63) is 36.3 Å². The number of halogens is 5. The Labute approximate surface area is 134 Å². The van der Waals surface area contributed by atoms with Gasteiger partial charge in [-0.1, -0.05) is 0 Å². The normalized spacial score (nSPS) is 11.9. The highest BCUT2D eigenvalue weighted by molar-refractivity contribution is 9.09. The van der Waals surface area contributed by atoms with Gasteiger partial charge in [0.05, 0.1) is 11.9 Å². The molecule has 3 aromatic heterocycles. The molecule has 0 amide bonds. The lowest BCUT2D eigenvalue weighted by molar-refractivity contribution is 0.102. The van der Waals surface area contributed by atoms with E-state index >= 15 is 0 Å². The second-order valence-electron chi connectivity index (χ2n) is 4.29. The van der Waals surface area contributed by atoms with E-state index in [1.54, 1.807) is 0 Å². The van der Waals surface area contributed by atoms with Gasteiger partial charge in [0, 0.05) is 18.0 Å². The van der Waals surface area contributed by atoms with E-state index in [4.69, 9.17) is 0 Å². The monoisotopic (exact) mass is 391 g/mol. The van der Waals surface area contributed by atoms with Crippen LogP contribution in [0.15, 0.2) is 24.7 Å². The van der Waals surface area contributed by atoms with E-state index in [0.29, 0.717) is 0 Å². The first-order chi connectivity index (χ1) is 10.9. The molecule has 0 bridgehead atoms. The van der Waals surface area contributed by atoms with Crippen LogP contribution in [0.5, 0.6) is 5.88 Å². The van der Waals surface area contributed by atoms with Gasteiger partial charge in [0.2, 0.25) is 12.7 Å². The Hall–Kier alpha value is -2.30. The summed E-state index contributed by atoms with van der Waals surface area (Å²) in [5.41, 5.74) is 0.426.